The van der Waals surface area contributed by atoms with Crippen LogP contribution in [0.25, 0.3) is 5.69 Å². The molecule has 2 aromatic heterocycles. The van der Waals surface area contributed by atoms with Gasteiger partial charge < -0.3 is 5.32 Å². The van der Waals surface area contributed by atoms with Crippen LogP contribution in [0.2, 0.25) is 5.02 Å². The van der Waals surface area contributed by atoms with Gasteiger partial charge in [0.05, 0.1) is 16.3 Å². The molecular formula is C13H9ClN6O. The van der Waals surface area contributed by atoms with Gasteiger partial charge in [-0.05, 0) is 40.8 Å². The van der Waals surface area contributed by atoms with Crippen LogP contribution in [0.15, 0.2) is 49.1 Å². The molecule has 3 aromatic rings. The highest BCUT2D eigenvalue weighted by molar-refractivity contribution is 6.34. The van der Waals surface area contributed by atoms with Crippen LogP contribution in [0.4, 0.5) is 5.69 Å². The summed E-state index contributed by atoms with van der Waals surface area (Å²) >= 11 is 5.93. The van der Waals surface area contributed by atoms with Gasteiger partial charge in [-0.3, -0.25) is 9.78 Å². The van der Waals surface area contributed by atoms with Gasteiger partial charge in [0.2, 0.25) is 0 Å². The van der Waals surface area contributed by atoms with E-state index in [9.17, 15) is 4.79 Å². The van der Waals surface area contributed by atoms with Crippen molar-refractivity contribution in [2.45, 2.75) is 0 Å². The van der Waals surface area contributed by atoms with Crippen molar-refractivity contribution in [2.75, 3.05) is 5.32 Å². The van der Waals surface area contributed by atoms with Crippen LogP contribution >= 0.6 is 11.6 Å². The molecule has 1 aromatic carbocycles. The van der Waals surface area contributed by atoms with Gasteiger partial charge in [0.15, 0.2) is 0 Å². The summed E-state index contributed by atoms with van der Waals surface area (Å²) in [6.45, 7) is 0. The van der Waals surface area contributed by atoms with Crippen LogP contribution in [0.5, 0.6) is 0 Å². The van der Waals surface area contributed by atoms with Gasteiger partial charge >= 0.3 is 0 Å². The minimum atomic E-state index is -0.294. The lowest BCUT2D eigenvalue weighted by Gasteiger charge is -2.07. The van der Waals surface area contributed by atoms with Gasteiger partial charge in [-0.1, -0.05) is 11.6 Å². The maximum Gasteiger partial charge on any atom is 0.257 e. The van der Waals surface area contributed by atoms with Crippen LogP contribution in [0.1, 0.15) is 10.4 Å². The number of nitrogens with zero attached hydrogens (tertiary/aromatic N) is 5. The van der Waals surface area contributed by atoms with E-state index in [1.807, 2.05) is 0 Å². The Morgan fingerprint density at radius 1 is 1.19 bits per heavy atom. The summed E-state index contributed by atoms with van der Waals surface area (Å²) in [5.41, 5.74) is 1.81. The fraction of sp³-hybridized carbons (Fsp3) is 0. The highest BCUT2D eigenvalue weighted by Crippen LogP contribution is 2.17. The Morgan fingerprint density at radius 3 is 2.67 bits per heavy atom. The van der Waals surface area contributed by atoms with Gasteiger partial charge in [0.1, 0.15) is 6.33 Å². The monoisotopic (exact) mass is 300 g/mol. The minimum absolute atomic E-state index is 0.294. The van der Waals surface area contributed by atoms with Crippen molar-refractivity contribution in [3.8, 4) is 5.69 Å². The first-order valence-electron chi connectivity index (χ1n) is 5.98. The Hall–Kier alpha value is -2.80. The van der Waals surface area contributed by atoms with Crippen molar-refractivity contribution >= 4 is 23.2 Å². The van der Waals surface area contributed by atoms with Crippen LogP contribution in [0, 0.1) is 0 Å². The molecule has 0 atom stereocenters. The first-order valence-corrected chi connectivity index (χ1v) is 6.36. The zero-order chi connectivity index (χ0) is 14.7. The molecule has 0 bridgehead atoms. The lowest BCUT2D eigenvalue weighted by atomic mass is 10.2. The molecule has 0 aliphatic rings. The van der Waals surface area contributed by atoms with E-state index in [0.29, 0.717) is 16.3 Å². The number of carbonyl (C=O) groups excluding carboxylic acids is 1. The molecule has 0 saturated heterocycles. The van der Waals surface area contributed by atoms with Gasteiger partial charge in [0.25, 0.3) is 5.91 Å². The number of pyridine rings is 1. The number of tetrazole rings is 1. The second-order valence-corrected chi connectivity index (χ2v) is 4.52. The predicted octanol–water partition coefficient (Wildman–Crippen LogP) is 1.96. The second-order valence-electron chi connectivity index (χ2n) is 4.11. The fourth-order valence-electron chi connectivity index (χ4n) is 1.73. The Balaban J connectivity index is 1.77. The molecule has 0 radical (unpaired) electrons. The van der Waals surface area contributed by atoms with E-state index < -0.39 is 0 Å². The predicted molar refractivity (Wildman–Crippen MR) is 76.4 cm³/mol. The number of nitrogens with one attached hydrogen (secondary N) is 1. The average molecular weight is 301 g/mol. The van der Waals surface area contributed by atoms with Crippen LogP contribution in [0.3, 0.4) is 0 Å². The van der Waals surface area contributed by atoms with Gasteiger partial charge in [0, 0.05) is 18.1 Å². The van der Waals surface area contributed by atoms with Crippen LogP contribution in [-0.2, 0) is 0 Å². The molecule has 21 heavy (non-hydrogen) atoms. The smallest absolute Gasteiger partial charge is 0.257 e. The highest BCUT2D eigenvalue weighted by atomic mass is 35.5. The number of rotatable bonds is 3. The first-order chi connectivity index (χ1) is 10.2. The van der Waals surface area contributed by atoms with Crippen LogP contribution in [-0.4, -0.2) is 31.1 Å². The SMILES string of the molecule is O=C(Nc1ccc(-n2cnnn2)cc1)c1ccncc1Cl. The third-order valence-electron chi connectivity index (χ3n) is 2.76. The summed E-state index contributed by atoms with van der Waals surface area (Å²) in [5, 5.41) is 14.0. The second kappa shape index (κ2) is 5.68. The van der Waals surface area contributed by atoms with Crippen LogP contribution < -0.4 is 5.32 Å². The summed E-state index contributed by atoms with van der Waals surface area (Å²) in [4.78, 5) is 15.9. The molecule has 1 N–H and O–H groups in total. The van der Waals surface area contributed by atoms with Crippen molar-refractivity contribution in [1.29, 1.82) is 0 Å². The molecule has 0 spiro atoms. The number of halogens is 1. The van der Waals surface area contributed by atoms with Crippen molar-refractivity contribution in [1.82, 2.24) is 25.2 Å². The topological polar surface area (TPSA) is 85.6 Å². The van der Waals surface area contributed by atoms with Gasteiger partial charge in [-0.2, -0.15) is 0 Å². The van der Waals surface area contributed by atoms with Crippen molar-refractivity contribution in [3.05, 3.63) is 59.6 Å². The molecule has 3 rings (SSSR count). The Morgan fingerprint density at radius 2 is 2.00 bits per heavy atom. The van der Waals surface area contributed by atoms with E-state index >= 15 is 0 Å². The largest absolute Gasteiger partial charge is 0.322 e. The third kappa shape index (κ3) is 2.87. The molecular weight excluding hydrogens is 292 g/mol. The van der Waals surface area contributed by atoms with Gasteiger partial charge in [-0.25, -0.2) is 4.68 Å². The zero-order valence-electron chi connectivity index (χ0n) is 10.6. The number of aromatic nitrogens is 5. The van der Waals surface area contributed by atoms with E-state index in [4.69, 9.17) is 11.6 Å². The summed E-state index contributed by atoms with van der Waals surface area (Å²) in [6.07, 6.45) is 4.43. The molecule has 1 amide bonds. The van der Waals surface area contributed by atoms with E-state index in [2.05, 4.69) is 25.8 Å². The average Bonchev–Trinajstić information content (AvgIpc) is 3.02. The molecule has 104 valence electrons. The molecule has 7 nitrogen and oxygen atoms in total. The fourth-order valence-corrected chi connectivity index (χ4v) is 1.94. The Kier molecular flexibility index (Phi) is 3.57. The summed E-state index contributed by atoms with van der Waals surface area (Å²) in [6, 6.07) is 8.65. The minimum Gasteiger partial charge on any atom is -0.322 e. The third-order valence-corrected chi connectivity index (χ3v) is 3.06. The zero-order valence-corrected chi connectivity index (χ0v) is 11.4. The number of hydrogen-bond donors (Lipinski definition) is 1. The highest BCUT2D eigenvalue weighted by Gasteiger charge is 2.10. The van der Waals surface area contributed by atoms with E-state index in [-0.39, 0.29) is 5.91 Å². The van der Waals surface area contributed by atoms with E-state index in [1.165, 1.54) is 23.4 Å². The summed E-state index contributed by atoms with van der Waals surface area (Å²) < 4.78 is 1.52. The first kappa shape index (κ1) is 13.2. The van der Waals surface area contributed by atoms with Crippen molar-refractivity contribution in [2.24, 2.45) is 0 Å². The lowest BCUT2D eigenvalue weighted by Crippen LogP contribution is -2.12. The number of amides is 1. The maximum atomic E-state index is 12.1. The maximum absolute atomic E-state index is 12.1. The molecule has 0 fully saturated rings. The van der Waals surface area contributed by atoms with Gasteiger partial charge in [-0.15, -0.1) is 5.10 Å². The van der Waals surface area contributed by atoms with Crippen molar-refractivity contribution < 1.29 is 4.79 Å². The number of hydrogen-bond acceptors (Lipinski definition) is 5. The Labute approximate surface area is 124 Å². The molecule has 0 unspecified atom stereocenters. The standard InChI is InChI=1S/C13H9ClN6O/c14-12-7-15-6-5-11(12)13(21)17-9-1-3-10(4-2-9)20-8-16-18-19-20/h1-8H,(H,17,21). The van der Waals surface area contributed by atoms with E-state index in [0.717, 1.165) is 5.69 Å². The lowest BCUT2D eigenvalue weighted by molar-refractivity contribution is 0.102. The molecule has 0 aliphatic heterocycles. The molecule has 0 aliphatic carbocycles. The quantitative estimate of drug-likeness (QED) is 0.799. The summed E-state index contributed by atoms with van der Waals surface area (Å²) in [7, 11) is 0. The molecule has 0 saturated carbocycles. The van der Waals surface area contributed by atoms with Crippen molar-refractivity contribution in [3.63, 3.8) is 0 Å². The molecule has 8 heteroatoms. The summed E-state index contributed by atoms with van der Waals surface area (Å²) in [5.74, 6) is -0.294. The number of anilines is 1. The number of carbonyl (C=O) groups is 1. The number of benzene rings is 1. The van der Waals surface area contributed by atoms with E-state index in [1.54, 1.807) is 30.3 Å². The molecule has 2 heterocycles. The Bertz CT molecular complexity index is 757. The normalized spacial score (nSPS) is 10.3.